The fourth-order valence-corrected chi connectivity index (χ4v) is 3.82. The number of carbonyl (C=O) groups is 2. The number of rotatable bonds is 38. The summed E-state index contributed by atoms with van der Waals surface area (Å²) in [5.41, 5.74) is 0. The summed E-state index contributed by atoms with van der Waals surface area (Å²) in [6, 6.07) is 0. The summed E-state index contributed by atoms with van der Waals surface area (Å²) in [5, 5.41) is 2.86. The molecule has 0 fully saturated rings. The van der Waals surface area contributed by atoms with E-state index in [1.54, 1.807) is 0 Å². The van der Waals surface area contributed by atoms with E-state index in [9.17, 15) is 9.59 Å². The normalized spacial score (nSPS) is 11.6. The molecule has 274 valence electrons. The SMILES string of the molecule is CC(C)CCCCC(=O)CCCOCCOCCOCCOCCOCCOCCOCCOCCOCCCNC(=O)C(C)C. The average Bonchev–Trinajstić information content (AvgIpc) is 3.03. The third-order valence-corrected chi connectivity index (χ3v) is 6.50. The molecule has 0 radical (unpaired) electrons. The highest BCUT2D eigenvalue weighted by Crippen LogP contribution is 2.09. The molecule has 0 spiro atoms. The maximum atomic E-state index is 11.8. The number of unbranched alkanes of at least 4 members (excludes halogenated alkanes) is 1. The number of ketones is 1. The molecule has 12 nitrogen and oxygen atoms in total. The molecule has 1 N–H and O–H groups in total. The molecule has 12 heteroatoms. The van der Waals surface area contributed by atoms with Gasteiger partial charge in [0, 0.05) is 38.5 Å². The molecule has 0 aromatic heterocycles. The van der Waals surface area contributed by atoms with Gasteiger partial charge >= 0.3 is 0 Å². The van der Waals surface area contributed by atoms with Gasteiger partial charge in [-0.25, -0.2) is 0 Å². The zero-order valence-electron chi connectivity index (χ0n) is 29.5. The molecule has 0 rings (SSSR count). The van der Waals surface area contributed by atoms with Crippen molar-refractivity contribution >= 4 is 11.7 Å². The van der Waals surface area contributed by atoms with Crippen molar-refractivity contribution in [3.05, 3.63) is 0 Å². The first-order valence-electron chi connectivity index (χ1n) is 17.4. The van der Waals surface area contributed by atoms with Crippen molar-refractivity contribution in [3.8, 4) is 0 Å². The van der Waals surface area contributed by atoms with Crippen molar-refractivity contribution in [3.63, 3.8) is 0 Å². The molecule has 0 saturated heterocycles. The predicted molar refractivity (Wildman–Crippen MR) is 177 cm³/mol. The number of Topliss-reactive ketones (excluding diaryl/α,β-unsaturated/α-hetero) is 1. The van der Waals surface area contributed by atoms with Crippen molar-refractivity contribution in [2.75, 3.05) is 125 Å². The molecule has 0 aliphatic rings. The molecule has 0 saturated carbocycles. The van der Waals surface area contributed by atoms with Gasteiger partial charge in [-0.2, -0.15) is 0 Å². The molecule has 46 heavy (non-hydrogen) atoms. The summed E-state index contributed by atoms with van der Waals surface area (Å²) in [7, 11) is 0. The molecule has 0 aliphatic heterocycles. The van der Waals surface area contributed by atoms with Crippen LogP contribution in [0.15, 0.2) is 0 Å². The molecular weight excluding hydrogens is 598 g/mol. The smallest absolute Gasteiger partial charge is 0.222 e. The Bertz CT molecular complexity index is 653. The molecule has 0 aromatic carbocycles. The Hall–Kier alpha value is -1.22. The monoisotopic (exact) mass is 665 g/mol. The van der Waals surface area contributed by atoms with E-state index in [1.807, 2.05) is 13.8 Å². The Morgan fingerprint density at radius 1 is 0.435 bits per heavy atom. The Labute approximate surface area is 279 Å². The minimum Gasteiger partial charge on any atom is -0.379 e. The first-order chi connectivity index (χ1) is 22.4. The molecule has 1 amide bonds. The molecule has 0 atom stereocenters. The van der Waals surface area contributed by atoms with Gasteiger partial charge in [0.15, 0.2) is 0 Å². The second kappa shape index (κ2) is 36.6. The minimum atomic E-state index is 0.0111. The lowest BCUT2D eigenvalue weighted by Crippen LogP contribution is -2.29. The Morgan fingerprint density at radius 3 is 1.11 bits per heavy atom. The van der Waals surface area contributed by atoms with E-state index in [0.29, 0.717) is 150 Å². The van der Waals surface area contributed by atoms with E-state index >= 15 is 0 Å². The number of ether oxygens (including phenoxy) is 9. The predicted octanol–water partition coefficient (Wildman–Crippen LogP) is 3.86. The van der Waals surface area contributed by atoms with E-state index < -0.39 is 0 Å². The van der Waals surface area contributed by atoms with Crippen molar-refractivity contribution < 1.29 is 52.2 Å². The Morgan fingerprint density at radius 2 is 0.761 bits per heavy atom. The van der Waals surface area contributed by atoms with Crippen LogP contribution in [0.25, 0.3) is 0 Å². The standard InChI is InChI=1S/C34H67NO11/c1-31(2)9-5-6-10-33(36)11-7-13-38-15-17-40-19-21-42-23-25-44-27-29-46-30-28-45-26-24-43-22-20-41-18-16-39-14-8-12-35-34(37)32(3)4/h31-32H,5-30H2,1-4H3,(H,35,37). The number of nitrogens with one attached hydrogen (secondary N) is 1. The largest absolute Gasteiger partial charge is 0.379 e. The van der Waals surface area contributed by atoms with Gasteiger partial charge in [0.05, 0.1) is 106 Å². The summed E-state index contributed by atoms with van der Waals surface area (Å²) in [4.78, 5) is 23.3. The van der Waals surface area contributed by atoms with Gasteiger partial charge in [-0.1, -0.05) is 40.5 Å². The topological polar surface area (TPSA) is 129 Å². The number of amides is 1. The average molecular weight is 666 g/mol. The second-order valence-corrected chi connectivity index (χ2v) is 11.6. The maximum Gasteiger partial charge on any atom is 0.222 e. The van der Waals surface area contributed by atoms with Crippen LogP contribution in [-0.4, -0.2) is 137 Å². The van der Waals surface area contributed by atoms with Gasteiger partial charge in [-0.15, -0.1) is 0 Å². The van der Waals surface area contributed by atoms with E-state index in [2.05, 4.69) is 19.2 Å². The highest BCUT2D eigenvalue weighted by atomic mass is 16.6. The lowest BCUT2D eigenvalue weighted by Gasteiger charge is -2.09. The molecule has 0 unspecified atom stereocenters. The van der Waals surface area contributed by atoms with Gasteiger partial charge in [0.2, 0.25) is 5.91 Å². The minimum absolute atomic E-state index is 0.0111. The Balaban J connectivity index is 3.12. The fourth-order valence-electron chi connectivity index (χ4n) is 3.82. The second-order valence-electron chi connectivity index (χ2n) is 11.6. The van der Waals surface area contributed by atoms with Gasteiger partial charge < -0.3 is 47.9 Å². The number of hydrogen-bond acceptors (Lipinski definition) is 11. The van der Waals surface area contributed by atoms with Crippen LogP contribution in [0.3, 0.4) is 0 Å². The van der Waals surface area contributed by atoms with Crippen LogP contribution < -0.4 is 5.32 Å². The highest BCUT2D eigenvalue weighted by molar-refractivity contribution is 5.78. The number of hydrogen-bond donors (Lipinski definition) is 1. The summed E-state index contributed by atoms with van der Waals surface area (Å²) < 4.78 is 49.3. The first-order valence-corrected chi connectivity index (χ1v) is 17.4. The third-order valence-electron chi connectivity index (χ3n) is 6.50. The summed E-state index contributed by atoms with van der Waals surface area (Å²) in [6.07, 6.45) is 6.22. The number of carbonyl (C=O) groups excluding carboxylic acids is 2. The van der Waals surface area contributed by atoms with Crippen LogP contribution in [0, 0.1) is 11.8 Å². The van der Waals surface area contributed by atoms with Crippen LogP contribution >= 0.6 is 0 Å². The van der Waals surface area contributed by atoms with Crippen molar-refractivity contribution in [2.24, 2.45) is 11.8 Å². The molecule has 0 heterocycles. The van der Waals surface area contributed by atoms with E-state index in [4.69, 9.17) is 42.6 Å². The van der Waals surface area contributed by atoms with Crippen molar-refractivity contribution in [1.29, 1.82) is 0 Å². The van der Waals surface area contributed by atoms with Gasteiger partial charge in [0.25, 0.3) is 0 Å². The van der Waals surface area contributed by atoms with Crippen LogP contribution in [0.5, 0.6) is 0 Å². The maximum absolute atomic E-state index is 11.8. The van der Waals surface area contributed by atoms with Gasteiger partial charge in [-0.05, 0) is 25.2 Å². The zero-order chi connectivity index (χ0) is 33.8. The zero-order valence-corrected chi connectivity index (χ0v) is 29.5. The van der Waals surface area contributed by atoms with E-state index in [-0.39, 0.29) is 11.8 Å². The lowest BCUT2D eigenvalue weighted by atomic mass is 10.0. The van der Waals surface area contributed by atoms with Crippen molar-refractivity contribution in [2.45, 2.75) is 72.6 Å². The molecule has 0 aliphatic carbocycles. The summed E-state index contributed by atoms with van der Waals surface area (Å²) in [5.74, 6) is 1.14. The highest BCUT2D eigenvalue weighted by Gasteiger charge is 2.05. The van der Waals surface area contributed by atoms with Crippen LogP contribution in [0.4, 0.5) is 0 Å². The molecule has 0 bridgehead atoms. The Kier molecular flexibility index (Phi) is 35.6. The summed E-state index contributed by atoms with van der Waals surface area (Å²) >= 11 is 0. The molecular formula is C34H67NO11. The van der Waals surface area contributed by atoms with Crippen LogP contribution in [0.1, 0.15) is 72.6 Å². The fraction of sp³-hybridized carbons (Fsp3) is 0.941. The van der Waals surface area contributed by atoms with E-state index in [1.165, 1.54) is 6.42 Å². The quantitative estimate of drug-likeness (QED) is 0.0966. The third kappa shape index (κ3) is 37.2. The molecule has 0 aromatic rings. The van der Waals surface area contributed by atoms with Crippen molar-refractivity contribution in [1.82, 2.24) is 5.32 Å². The van der Waals surface area contributed by atoms with Gasteiger partial charge in [0.1, 0.15) is 5.78 Å². The van der Waals surface area contributed by atoms with Crippen LogP contribution in [0.2, 0.25) is 0 Å². The van der Waals surface area contributed by atoms with Crippen LogP contribution in [-0.2, 0) is 52.2 Å². The van der Waals surface area contributed by atoms with E-state index in [0.717, 1.165) is 25.7 Å². The first kappa shape index (κ1) is 44.8. The lowest BCUT2D eigenvalue weighted by molar-refractivity contribution is -0.124. The summed E-state index contributed by atoms with van der Waals surface area (Å²) in [6.45, 7) is 18.2. The van der Waals surface area contributed by atoms with Gasteiger partial charge in [-0.3, -0.25) is 9.59 Å².